The second kappa shape index (κ2) is 4.76. The van der Waals surface area contributed by atoms with Crippen LogP contribution in [0.25, 0.3) is 0 Å². The molecule has 0 aromatic heterocycles. The van der Waals surface area contributed by atoms with Gasteiger partial charge < -0.3 is 4.74 Å². The summed E-state index contributed by atoms with van der Waals surface area (Å²) >= 11 is 0. The maximum absolute atomic E-state index is 12.9. The van der Waals surface area contributed by atoms with Crippen LogP contribution in [0.3, 0.4) is 0 Å². The summed E-state index contributed by atoms with van der Waals surface area (Å²) in [6.07, 6.45) is -4.30. The number of benzene rings is 1. The maximum Gasteiger partial charge on any atom is 0.420 e. The van der Waals surface area contributed by atoms with E-state index in [0.29, 0.717) is 6.42 Å². The van der Waals surface area contributed by atoms with Crippen LogP contribution >= 0.6 is 0 Å². The third-order valence-corrected chi connectivity index (χ3v) is 2.14. The van der Waals surface area contributed by atoms with Crippen molar-refractivity contribution in [1.29, 1.82) is 0 Å². The molecule has 0 saturated carbocycles. The van der Waals surface area contributed by atoms with E-state index < -0.39 is 11.7 Å². The molecule has 1 rings (SSSR count). The summed E-state index contributed by atoms with van der Waals surface area (Å²) in [5.74, 6) is -0.0816. The van der Waals surface area contributed by atoms with Gasteiger partial charge >= 0.3 is 6.18 Å². The van der Waals surface area contributed by atoms with Crippen LogP contribution in [0.2, 0.25) is 0 Å². The van der Waals surface area contributed by atoms with Crippen molar-refractivity contribution in [2.24, 2.45) is 0 Å². The summed E-state index contributed by atoms with van der Waals surface area (Å²) < 4.78 is 43.8. The predicted octanol–water partition coefficient (Wildman–Crippen LogP) is 4.06. The fraction of sp³-hybridized carbons (Fsp3) is 0.500. The van der Waals surface area contributed by atoms with E-state index in [0.717, 1.165) is 0 Å². The summed E-state index contributed by atoms with van der Waals surface area (Å²) in [6, 6.07) is 4.43. The van der Waals surface area contributed by atoms with Gasteiger partial charge in [-0.05, 0) is 31.9 Å². The Hall–Kier alpha value is -1.19. The summed E-state index contributed by atoms with van der Waals surface area (Å²) in [5.41, 5.74) is -0.378. The van der Waals surface area contributed by atoms with Crippen molar-refractivity contribution in [3.63, 3.8) is 0 Å². The van der Waals surface area contributed by atoms with Gasteiger partial charge in [-0.3, -0.25) is 0 Å². The zero-order valence-corrected chi connectivity index (χ0v) is 9.56. The Balaban J connectivity index is 3.26. The van der Waals surface area contributed by atoms with Crippen LogP contribution < -0.4 is 4.74 Å². The van der Waals surface area contributed by atoms with Crippen molar-refractivity contribution in [1.82, 2.24) is 0 Å². The van der Waals surface area contributed by atoms with Crippen LogP contribution in [-0.4, -0.2) is 6.10 Å². The molecule has 90 valence electrons. The Kier molecular flexibility index (Phi) is 3.83. The first-order chi connectivity index (χ1) is 7.36. The fourth-order valence-corrected chi connectivity index (χ4v) is 1.55. The molecule has 0 atom stereocenters. The zero-order chi connectivity index (χ0) is 12.3. The predicted molar refractivity (Wildman–Crippen MR) is 56.6 cm³/mol. The van der Waals surface area contributed by atoms with E-state index in [-0.39, 0.29) is 17.4 Å². The molecule has 1 aromatic carbocycles. The summed E-state index contributed by atoms with van der Waals surface area (Å²) in [7, 11) is 0. The lowest BCUT2D eigenvalue weighted by Gasteiger charge is -2.18. The van der Waals surface area contributed by atoms with Crippen LogP contribution in [0.5, 0.6) is 5.75 Å². The van der Waals surface area contributed by atoms with Crippen molar-refractivity contribution in [3.05, 3.63) is 29.3 Å². The molecule has 16 heavy (non-hydrogen) atoms. The number of rotatable bonds is 3. The Morgan fingerprint density at radius 1 is 1.25 bits per heavy atom. The van der Waals surface area contributed by atoms with Crippen molar-refractivity contribution in [3.8, 4) is 5.75 Å². The topological polar surface area (TPSA) is 9.23 Å². The molecule has 0 bridgehead atoms. The monoisotopic (exact) mass is 232 g/mol. The molecule has 0 amide bonds. The number of hydrogen-bond donors (Lipinski definition) is 0. The lowest BCUT2D eigenvalue weighted by Crippen LogP contribution is -2.15. The third-order valence-electron chi connectivity index (χ3n) is 2.14. The van der Waals surface area contributed by atoms with E-state index in [2.05, 4.69) is 0 Å². The SMILES string of the molecule is CCc1cccc(OC(C)C)c1C(F)(F)F. The molecule has 0 heterocycles. The van der Waals surface area contributed by atoms with Gasteiger partial charge in [0.15, 0.2) is 0 Å². The molecule has 0 aliphatic rings. The minimum atomic E-state index is -4.36. The smallest absolute Gasteiger partial charge is 0.420 e. The first-order valence-electron chi connectivity index (χ1n) is 5.22. The van der Waals surface area contributed by atoms with Crippen molar-refractivity contribution in [2.75, 3.05) is 0 Å². The molecule has 0 radical (unpaired) electrons. The highest BCUT2D eigenvalue weighted by atomic mass is 19.4. The highest BCUT2D eigenvalue weighted by Gasteiger charge is 2.36. The molecular weight excluding hydrogens is 217 g/mol. The molecule has 0 spiro atoms. The lowest BCUT2D eigenvalue weighted by atomic mass is 10.0. The molecule has 0 saturated heterocycles. The van der Waals surface area contributed by atoms with Gasteiger partial charge in [-0.25, -0.2) is 0 Å². The highest BCUT2D eigenvalue weighted by Crippen LogP contribution is 2.39. The van der Waals surface area contributed by atoms with Crippen molar-refractivity contribution in [2.45, 2.75) is 39.5 Å². The average Bonchev–Trinajstić information content (AvgIpc) is 2.14. The maximum atomic E-state index is 12.9. The Morgan fingerprint density at radius 3 is 2.31 bits per heavy atom. The second-order valence-electron chi connectivity index (χ2n) is 3.81. The van der Waals surface area contributed by atoms with Gasteiger partial charge in [0.2, 0.25) is 0 Å². The van der Waals surface area contributed by atoms with Gasteiger partial charge in [-0.1, -0.05) is 19.1 Å². The van der Waals surface area contributed by atoms with E-state index in [1.54, 1.807) is 26.8 Å². The molecule has 0 N–H and O–H groups in total. The van der Waals surface area contributed by atoms with Gasteiger partial charge in [0.25, 0.3) is 0 Å². The summed E-state index contributed by atoms with van der Waals surface area (Å²) in [4.78, 5) is 0. The first kappa shape index (κ1) is 12.9. The van der Waals surface area contributed by atoms with E-state index in [9.17, 15) is 13.2 Å². The Morgan fingerprint density at radius 2 is 1.88 bits per heavy atom. The van der Waals surface area contributed by atoms with Crippen LogP contribution in [0.4, 0.5) is 13.2 Å². The molecule has 0 aliphatic carbocycles. The minimum Gasteiger partial charge on any atom is -0.490 e. The average molecular weight is 232 g/mol. The van der Waals surface area contributed by atoms with E-state index in [4.69, 9.17) is 4.74 Å². The first-order valence-corrected chi connectivity index (χ1v) is 5.22. The van der Waals surface area contributed by atoms with E-state index in [1.807, 2.05) is 0 Å². The van der Waals surface area contributed by atoms with Gasteiger partial charge in [-0.15, -0.1) is 0 Å². The van der Waals surface area contributed by atoms with Gasteiger partial charge in [0.1, 0.15) is 11.3 Å². The number of ether oxygens (including phenoxy) is 1. The summed E-state index contributed by atoms with van der Waals surface area (Å²) in [5, 5.41) is 0. The quantitative estimate of drug-likeness (QED) is 0.763. The molecule has 0 unspecified atom stereocenters. The fourth-order valence-electron chi connectivity index (χ4n) is 1.55. The lowest BCUT2D eigenvalue weighted by molar-refractivity contribution is -0.139. The van der Waals surface area contributed by atoms with Crippen molar-refractivity contribution < 1.29 is 17.9 Å². The standard InChI is InChI=1S/C12H15F3O/c1-4-9-6-5-7-10(16-8(2)3)11(9)12(13,14)15/h5-8H,4H2,1-3H3. The number of aryl methyl sites for hydroxylation is 1. The van der Waals surface area contributed by atoms with Crippen LogP contribution in [0.1, 0.15) is 31.9 Å². The summed E-state index contributed by atoms with van der Waals surface area (Å²) in [6.45, 7) is 5.11. The van der Waals surface area contributed by atoms with Crippen molar-refractivity contribution >= 4 is 0 Å². The van der Waals surface area contributed by atoms with Crippen LogP contribution in [0, 0.1) is 0 Å². The van der Waals surface area contributed by atoms with Gasteiger partial charge in [-0.2, -0.15) is 13.2 Å². The molecule has 0 fully saturated rings. The van der Waals surface area contributed by atoms with Gasteiger partial charge in [0, 0.05) is 0 Å². The van der Waals surface area contributed by atoms with Crippen LogP contribution in [-0.2, 0) is 12.6 Å². The normalized spacial score (nSPS) is 11.9. The molecule has 1 aromatic rings. The molecular formula is C12H15F3O. The largest absolute Gasteiger partial charge is 0.490 e. The van der Waals surface area contributed by atoms with E-state index in [1.165, 1.54) is 12.1 Å². The van der Waals surface area contributed by atoms with Crippen LogP contribution in [0.15, 0.2) is 18.2 Å². The number of alkyl halides is 3. The zero-order valence-electron chi connectivity index (χ0n) is 9.56. The second-order valence-corrected chi connectivity index (χ2v) is 3.81. The van der Waals surface area contributed by atoms with E-state index >= 15 is 0 Å². The number of halogens is 3. The highest BCUT2D eigenvalue weighted by molar-refractivity contribution is 5.42. The number of hydrogen-bond acceptors (Lipinski definition) is 1. The Labute approximate surface area is 93.2 Å². The molecule has 4 heteroatoms. The minimum absolute atomic E-state index is 0.0816. The van der Waals surface area contributed by atoms with Gasteiger partial charge in [0.05, 0.1) is 6.10 Å². The third kappa shape index (κ3) is 2.90. The molecule has 1 nitrogen and oxygen atoms in total. The Bertz CT molecular complexity index is 356. The molecule has 0 aliphatic heterocycles.